The molecule has 0 saturated heterocycles. The van der Waals surface area contributed by atoms with Crippen molar-refractivity contribution in [3.63, 3.8) is 0 Å². The highest BCUT2D eigenvalue weighted by atomic mass is 35.5. The Labute approximate surface area is 132 Å². The molecule has 2 rings (SSSR count). The van der Waals surface area contributed by atoms with Crippen molar-refractivity contribution in [3.8, 4) is 0 Å². The summed E-state index contributed by atoms with van der Waals surface area (Å²) in [7, 11) is 1.60. The molecule has 1 aliphatic carbocycles. The van der Waals surface area contributed by atoms with E-state index in [0.717, 1.165) is 6.42 Å². The Bertz CT molecular complexity index is 525. The lowest BCUT2D eigenvalue weighted by Crippen LogP contribution is -2.41. The maximum absolute atomic E-state index is 5.70. The second kappa shape index (κ2) is 8.52. The predicted octanol–water partition coefficient (Wildman–Crippen LogP) is 1.38. The van der Waals surface area contributed by atoms with E-state index in [-0.39, 0.29) is 18.4 Å². The molecule has 0 spiro atoms. The van der Waals surface area contributed by atoms with Gasteiger partial charge in [0.05, 0.1) is 0 Å². The van der Waals surface area contributed by atoms with Crippen LogP contribution < -0.4 is 16.8 Å². The molecule has 1 aromatic rings. The summed E-state index contributed by atoms with van der Waals surface area (Å²) < 4.78 is 0. The number of nitrogens with zero attached hydrogens (tertiary/aromatic N) is 2. The number of benzene rings is 1. The Balaban J connectivity index is 0.00000220. The van der Waals surface area contributed by atoms with Crippen molar-refractivity contribution in [2.75, 3.05) is 13.6 Å². The standard InChI is InChI=1S/C15H23N5.ClH/c1-18-14(16)20-15(17)19-9-8-11-6-7-12-4-2-3-5-13(12)10-11;/h6-7,10H,2-5,8-9H2,1H3,(H5,16,17,18,19,20);1H. The lowest BCUT2D eigenvalue weighted by Gasteiger charge is -2.16. The second-order valence-electron chi connectivity index (χ2n) is 5.06. The van der Waals surface area contributed by atoms with Crippen LogP contribution >= 0.6 is 12.4 Å². The van der Waals surface area contributed by atoms with Gasteiger partial charge in [0.15, 0.2) is 11.9 Å². The van der Waals surface area contributed by atoms with E-state index >= 15 is 0 Å². The first kappa shape index (κ1) is 17.3. The Morgan fingerprint density at radius 2 is 1.86 bits per heavy atom. The Kier molecular flexibility index (Phi) is 7.02. The number of aliphatic imine (C=N–C) groups is 2. The van der Waals surface area contributed by atoms with Gasteiger partial charge in [-0.2, -0.15) is 0 Å². The van der Waals surface area contributed by atoms with Crippen molar-refractivity contribution in [1.82, 2.24) is 5.32 Å². The molecule has 0 aliphatic heterocycles. The maximum Gasteiger partial charge on any atom is 0.195 e. The minimum Gasteiger partial charge on any atom is -0.370 e. The van der Waals surface area contributed by atoms with E-state index in [1.807, 2.05) is 0 Å². The molecular formula is C15H24ClN5. The Morgan fingerprint density at radius 3 is 2.57 bits per heavy atom. The van der Waals surface area contributed by atoms with Gasteiger partial charge in [0.1, 0.15) is 0 Å². The van der Waals surface area contributed by atoms with Crippen LogP contribution in [0.1, 0.15) is 29.5 Å². The zero-order valence-corrected chi connectivity index (χ0v) is 13.2. The van der Waals surface area contributed by atoms with E-state index in [9.17, 15) is 0 Å². The summed E-state index contributed by atoms with van der Waals surface area (Å²) >= 11 is 0. The van der Waals surface area contributed by atoms with Crippen LogP contribution in [0.2, 0.25) is 0 Å². The fourth-order valence-corrected chi connectivity index (χ4v) is 2.47. The number of nitrogens with one attached hydrogen (secondary N) is 1. The van der Waals surface area contributed by atoms with Gasteiger partial charge in [0.25, 0.3) is 0 Å². The number of aryl methyl sites for hydroxylation is 2. The molecule has 0 radical (unpaired) electrons. The molecule has 0 fully saturated rings. The number of hydrogen-bond acceptors (Lipinski definition) is 2. The van der Waals surface area contributed by atoms with E-state index in [4.69, 9.17) is 11.5 Å². The van der Waals surface area contributed by atoms with Crippen LogP contribution in [0.5, 0.6) is 0 Å². The van der Waals surface area contributed by atoms with Gasteiger partial charge in [-0.1, -0.05) is 18.2 Å². The zero-order chi connectivity index (χ0) is 14.4. The number of rotatable bonds is 3. The number of halogens is 1. The summed E-state index contributed by atoms with van der Waals surface area (Å²) in [5, 5.41) is 2.72. The van der Waals surface area contributed by atoms with Gasteiger partial charge in [-0.25, -0.2) is 0 Å². The molecule has 21 heavy (non-hydrogen) atoms. The van der Waals surface area contributed by atoms with E-state index in [2.05, 4.69) is 33.5 Å². The highest BCUT2D eigenvalue weighted by Crippen LogP contribution is 2.22. The summed E-state index contributed by atoms with van der Waals surface area (Å²) in [6, 6.07) is 6.78. The van der Waals surface area contributed by atoms with Gasteiger partial charge in [-0.05, 0) is 48.8 Å². The van der Waals surface area contributed by atoms with Crippen LogP contribution in [0.25, 0.3) is 0 Å². The van der Waals surface area contributed by atoms with Gasteiger partial charge < -0.3 is 11.5 Å². The molecule has 0 amide bonds. The molecule has 6 heteroatoms. The molecule has 5 N–H and O–H groups in total. The first-order valence-electron chi connectivity index (χ1n) is 7.09. The fraction of sp³-hybridized carbons (Fsp3) is 0.467. The highest BCUT2D eigenvalue weighted by molar-refractivity contribution is 5.96. The minimum absolute atomic E-state index is 0. The lowest BCUT2D eigenvalue weighted by molar-refractivity contribution is 0.684. The summed E-state index contributed by atoms with van der Waals surface area (Å²) in [4.78, 5) is 8.01. The fourth-order valence-electron chi connectivity index (χ4n) is 2.47. The summed E-state index contributed by atoms with van der Waals surface area (Å²) in [5.41, 5.74) is 15.5. The van der Waals surface area contributed by atoms with Crippen molar-refractivity contribution in [2.24, 2.45) is 21.5 Å². The SMILES string of the molecule is CN=C(N)NC(N)=NCCc1ccc2c(c1)CCCC2.Cl. The van der Waals surface area contributed by atoms with Crippen LogP contribution in [0.15, 0.2) is 28.2 Å². The third-order valence-corrected chi connectivity index (χ3v) is 3.59. The van der Waals surface area contributed by atoms with Crippen molar-refractivity contribution < 1.29 is 0 Å². The molecule has 0 heterocycles. The molecule has 1 aromatic carbocycles. The second-order valence-corrected chi connectivity index (χ2v) is 5.06. The van der Waals surface area contributed by atoms with E-state index < -0.39 is 0 Å². The first-order chi connectivity index (χ1) is 9.69. The topological polar surface area (TPSA) is 88.8 Å². The van der Waals surface area contributed by atoms with Crippen molar-refractivity contribution >= 4 is 24.3 Å². The average Bonchev–Trinajstić information content (AvgIpc) is 2.47. The zero-order valence-electron chi connectivity index (χ0n) is 12.4. The Morgan fingerprint density at radius 1 is 1.14 bits per heavy atom. The van der Waals surface area contributed by atoms with Crippen molar-refractivity contribution in [2.45, 2.75) is 32.1 Å². The maximum atomic E-state index is 5.70. The third-order valence-electron chi connectivity index (χ3n) is 3.59. The minimum atomic E-state index is 0. The van der Waals surface area contributed by atoms with E-state index in [0.29, 0.717) is 12.5 Å². The number of hydrogen-bond donors (Lipinski definition) is 3. The quantitative estimate of drug-likeness (QED) is 0.582. The molecule has 0 aromatic heterocycles. The van der Waals surface area contributed by atoms with Crippen LogP contribution in [0.4, 0.5) is 0 Å². The van der Waals surface area contributed by atoms with E-state index in [1.165, 1.54) is 42.4 Å². The molecule has 0 unspecified atom stereocenters. The molecule has 116 valence electrons. The molecule has 0 atom stereocenters. The van der Waals surface area contributed by atoms with Gasteiger partial charge in [-0.15, -0.1) is 12.4 Å². The van der Waals surface area contributed by atoms with Crippen molar-refractivity contribution in [3.05, 3.63) is 34.9 Å². The van der Waals surface area contributed by atoms with Crippen LogP contribution in [-0.4, -0.2) is 25.5 Å². The molecule has 1 aliphatic rings. The van der Waals surface area contributed by atoms with Crippen molar-refractivity contribution in [1.29, 1.82) is 0 Å². The smallest absolute Gasteiger partial charge is 0.195 e. The number of nitrogens with two attached hydrogens (primary N) is 2. The normalized spacial score (nSPS) is 15.1. The number of guanidine groups is 2. The lowest BCUT2D eigenvalue weighted by atomic mass is 9.90. The molecule has 0 saturated carbocycles. The van der Waals surface area contributed by atoms with Crippen LogP contribution in [0.3, 0.4) is 0 Å². The summed E-state index contributed by atoms with van der Waals surface area (Å²) in [5.74, 6) is 0.589. The first-order valence-corrected chi connectivity index (χ1v) is 7.09. The molecular weight excluding hydrogens is 286 g/mol. The van der Waals surface area contributed by atoms with Crippen LogP contribution in [0, 0.1) is 0 Å². The van der Waals surface area contributed by atoms with Gasteiger partial charge in [0, 0.05) is 13.6 Å². The average molecular weight is 310 g/mol. The van der Waals surface area contributed by atoms with Gasteiger partial charge in [0.2, 0.25) is 0 Å². The predicted molar refractivity (Wildman–Crippen MR) is 91.2 cm³/mol. The Hall–Kier alpha value is -1.75. The van der Waals surface area contributed by atoms with Gasteiger partial charge >= 0.3 is 0 Å². The highest BCUT2D eigenvalue weighted by Gasteiger charge is 2.09. The molecule has 5 nitrogen and oxygen atoms in total. The third kappa shape index (κ3) is 5.27. The van der Waals surface area contributed by atoms with E-state index in [1.54, 1.807) is 7.05 Å². The summed E-state index contributed by atoms with van der Waals surface area (Å²) in [6.07, 6.45) is 5.94. The largest absolute Gasteiger partial charge is 0.370 e. The monoisotopic (exact) mass is 309 g/mol. The van der Waals surface area contributed by atoms with Crippen LogP contribution in [-0.2, 0) is 19.3 Å². The molecule has 0 bridgehead atoms. The summed E-state index contributed by atoms with van der Waals surface area (Å²) in [6.45, 7) is 0.647. The van der Waals surface area contributed by atoms with Gasteiger partial charge in [-0.3, -0.25) is 15.3 Å². The number of fused-ring (bicyclic) bond motifs is 1.